The second-order valence-electron chi connectivity index (χ2n) is 2.97. The van der Waals surface area contributed by atoms with E-state index in [1.165, 1.54) is 0 Å². The molecule has 2 atom stereocenters. The van der Waals surface area contributed by atoms with Crippen LogP contribution in [-0.2, 0) is 9.63 Å². The Hall–Kier alpha value is -1.10. The lowest BCUT2D eigenvalue weighted by Crippen LogP contribution is -2.35. The fourth-order valence-electron chi connectivity index (χ4n) is 1.45. The van der Waals surface area contributed by atoms with Gasteiger partial charge in [-0.3, -0.25) is 4.79 Å². The van der Waals surface area contributed by atoms with Crippen LogP contribution in [0.25, 0.3) is 0 Å². The molecule has 0 amide bonds. The fraction of sp³-hybridized carbons (Fsp3) is 0.714. The first-order valence-corrected chi connectivity index (χ1v) is 4.06. The van der Waals surface area contributed by atoms with Crippen LogP contribution in [0.3, 0.4) is 0 Å². The van der Waals surface area contributed by atoms with Gasteiger partial charge in [-0.1, -0.05) is 5.16 Å². The molecule has 0 aromatic carbocycles. The monoisotopic (exact) mass is 169 g/mol. The first-order valence-electron chi connectivity index (χ1n) is 4.06. The zero-order valence-electron chi connectivity index (χ0n) is 6.62. The van der Waals surface area contributed by atoms with E-state index < -0.39 is 6.23 Å². The molecule has 2 heterocycles. The molecular formula is C7H11N3O2. The molecule has 0 bridgehead atoms. The quantitative estimate of drug-likeness (QED) is 0.523. The van der Waals surface area contributed by atoms with Gasteiger partial charge in [0, 0.05) is 12.5 Å². The predicted octanol–water partition coefficient (Wildman–Crippen LogP) is -0.946. The lowest BCUT2D eigenvalue weighted by atomic mass is 10.1. The molecule has 2 N–H and O–H groups in total. The highest BCUT2D eigenvalue weighted by Gasteiger charge is 2.27. The number of aldehydes is 1. The Bertz CT molecular complexity index is 211. The van der Waals surface area contributed by atoms with Gasteiger partial charge in [-0.05, 0) is 13.0 Å². The fourth-order valence-corrected chi connectivity index (χ4v) is 1.45. The Kier molecular flexibility index (Phi) is 1.95. The Morgan fingerprint density at radius 1 is 1.67 bits per heavy atom. The molecule has 0 spiro atoms. The van der Waals surface area contributed by atoms with Crippen molar-refractivity contribution >= 4 is 12.1 Å². The van der Waals surface area contributed by atoms with Crippen LogP contribution in [0.15, 0.2) is 5.16 Å². The highest BCUT2D eigenvalue weighted by atomic mass is 16.7. The molecule has 0 saturated carbocycles. The summed E-state index contributed by atoms with van der Waals surface area (Å²) in [7, 11) is 0. The van der Waals surface area contributed by atoms with E-state index in [1.807, 2.05) is 0 Å². The van der Waals surface area contributed by atoms with Gasteiger partial charge < -0.3 is 15.5 Å². The van der Waals surface area contributed by atoms with Gasteiger partial charge in [0.25, 0.3) is 6.23 Å². The first-order chi connectivity index (χ1) is 5.90. The Labute approximate surface area is 70.1 Å². The number of carbonyl (C=O) groups is 1. The summed E-state index contributed by atoms with van der Waals surface area (Å²) in [6.07, 6.45) is 1.19. The van der Waals surface area contributed by atoms with Gasteiger partial charge in [0.15, 0.2) is 6.29 Å². The standard InChI is InChI=1S/C7H11N3O2/c11-4-6-9-7(10-12-6)5-1-2-8-3-5/h4-6,8H,1-3H2,(H,9,10)/t5?,6-/m1/s1. The minimum absolute atomic E-state index is 0.384. The summed E-state index contributed by atoms with van der Waals surface area (Å²) in [5, 5.41) is 9.92. The van der Waals surface area contributed by atoms with Crippen LogP contribution in [0, 0.1) is 5.92 Å². The maximum atomic E-state index is 10.3. The molecule has 0 radical (unpaired) electrons. The number of carbonyl (C=O) groups excluding carboxylic acids is 1. The van der Waals surface area contributed by atoms with Crippen molar-refractivity contribution < 1.29 is 9.63 Å². The number of oxime groups is 1. The van der Waals surface area contributed by atoms with Crippen molar-refractivity contribution in [2.24, 2.45) is 11.1 Å². The van der Waals surface area contributed by atoms with Crippen LogP contribution < -0.4 is 10.6 Å². The van der Waals surface area contributed by atoms with Crippen LogP contribution in [0.1, 0.15) is 6.42 Å². The Balaban J connectivity index is 1.93. The second-order valence-corrected chi connectivity index (χ2v) is 2.97. The first kappa shape index (κ1) is 7.54. The molecule has 5 heteroatoms. The highest BCUT2D eigenvalue weighted by molar-refractivity contribution is 5.87. The van der Waals surface area contributed by atoms with Crippen LogP contribution in [-0.4, -0.2) is 31.4 Å². The average molecular weight is 169 g/mol. The lowest BCUT2D eigenvalue weighted by Gasteiger charge is -2.06. The summed E-state index contributed by atoms with van der Waals surface area (Å²) in [6.45, 7) is 1.93. The highest BCUT2D eigenvalue weighted by Crippen LogP contribution is 2.12. The molecular weight excluding hydrogens is 158 g/mol. The molecule has 5 nitrogen and oxygen atoms in total. The van der Waals surface area contributed by atoms with Crippen molar-refractivity contribution in [3.63, 3.8) is 0 Å². The number of nitrogens with zero attached hydrogens (tertiary/aromatic N) is 1. The zero-order valence-corrected chi connectivity index (χ0v) is 6.62. The van der Waals surface area contributed by atoms with E-state index in [2.05, 4.69) is 15.8 Å². The lowest BCUT2D eigenvalue weighted by molar-refractivity contribution is -0.117. The van der Waals surface area contributed by atoms with Crippen molar-refractivity contribution in [3.8, 4) is 0 Å². The smallest absolute Gasteiger partial charge is 0.254 e. The third kappa shape index (κ3) is 1.27. The SMILES string of the molecule is O=C[C@@H]1NC(C2CCNC2)=NO1. The van der Waals surface area contributed by atoms with Gasteiger partial charge >= 0.3 is 0 Å². The van der Waals surface area contributed by atoms with Crippen molar-refractivity contribution in [3.05, 3.63) is 0 Å². The normalized spacial score (nSPS) is 33.8. The molecule has 2 aliphatic heterocycles. The van der Waals surface area contributed by atoms with Crippen molar-refractivity contribution in [2.45, 2.75) is 12.6 Å². The molecule has 0 aliphatic carbocycles. The van der Waals surface area contributed by atoms with Crippen LogP contribution >= 0.6 is 0 Å². The van der Waals surface area contributed by atoms with Crippen molar-refractivity contribution in [1.82, 2.24) is 10.6 Å². The minimum Gasteiger partial charge on any atom is -0.361 e. The number of rotatable bonds is 2. The van der Waals surface area contributed by atoms with E-state index in [9.17, 15) is 4.79 Å². The van der Waals surface area contributed by atoms with Crippen molar-refractivity contribution in [1.29, 1.82) is 0 Å². The Morgan fingerprint density at radius 2 is 2.58 bits per heavy atom. The van der Waals surface area contributed by atoms with E-state index in [1.54, 1.807) is 0 Å². The molecule has 66 valence electrons. The second kappa shape index (κ2) is 3.10. The number of nitrogens with one attached hydrogen (secondary N) is 2. The Morgan fingerprint density at radius 3 is 3.17 bits per heavy atom. The summed E-state index contributed by atoms with van der Waals surface area (Å²) >= 11 is 0. The van der Waals surface area contributed by atoms with Gasteiger partial charge in [-0.2, -0.15) is 0 Å². The van der Waals surface area contributed by atoms with Crippen LogP contribution in [0.4, 0.5) is 0 Å². The minimum atomic E-state index is -0.569. The van der Waals surface area contributed by atoms with E-state index >= 15 is 0 Å². The van der Waals surface area contributed by atoms with Gasteiger partial charge in [-0.15, -0.1) is 0 Å². The van der Waals surface area contributed by atoms with Gasteiger partial charge in [0.2, 0.25) is 0 Å². The van der Waals surface area contributed by atoms with Crippen molar-refractivity contribution in [2.75, 3.05) is 13.1 Å². The third-order valence-corrected chi connectivity index (χ3v) is 2.13. The third-order valence-electron chi connectivity index (χ3n) is 2.13. The summed E-state index contributed by atoms with van der Waals surface area (Å²) < 4.78 is 0. The topological polar surface area (TPSA) is 62.7 Å². The van der Waals surface area contributed by atoms with Crippen LogP contribution in [0.5, 0.6) is 0 Å². The van der Waals surface area contributed by atoms with Gasteiger partial charge in [0.05, 0.1) is 0 Å². The van der Waals surface area contributed by atoms with E-state index in [4.69, 9.17) is 4.84 Å². The molecule has 0 aromatic rings. The molecule has 12 heavy (non-hydrogen) atoms. The molecule has 1 fully saturated rings. The van der Waals surface area contributed by atoms with E-state index in [0.29, 0.717) is 12.2 Å². The largest absolute Gasteiger partial charge is 0.361 e. The predicted molar refractivity (Wildman–Crippen MR) is 42.5 cm³/mol. The summed E-state index contributed by atoms with van der Waals surface area (Å²) in [5.41, 5.74) is 0. The summed E-state index contributed by atoms with van der Waals surface area (Å²) in [6, 6.07) is 0. The maximum absolute atomic E-state index is 10.3. The van der Waals surface area contributed by atoms with Gasteiger partial charge in [-0.25, -0.2) is 0 Å². The molecule has 1 saturated heterocycles. The molecule has 2 rings (SSSR count). The molecule has 1 unspecified atom stereocenters. The zero-order chi connectivity index (χ0) is 8.39. The summed E-state index contributed by atoms with van der Waals surface area (Å²) in [4.78, 5) is 15.1. The van der Waals surface area contributed by atoms with E-state index in [-0.39, 0.29) is 0 Å². The van der Waals surface area contributed by atoms with E-state index in [0.717, 1.165) is 25.3 Å². The van der Waals surface area contributed by atoms with Gasteiger partial charge in [0.1, 0.15) is 5.84 Å². The maximum Gasteiger partial charge on any atom is 0.254 e. The number of hydrogen-bond donors (Lipinski definition) is 2. The average Bonchev–Trinajstić information content (AvgIpc) is 2.75. The number of amidine groups is 1. The number of hydrogen-bond acceptors (Lipinski definition) is 5. The molecule has 0 aromatic heterocycles. The molecule has 2 aliphatic rings. The summed E-state index contributed by atoms with van der Waals surface area (Å²) in [5.74, 6) is 1.19. The van der Waals surface area contributed by atoms with Crippen LogP contribution in [0.2, 0.25) is 0 Å².